The lowest BCUT2D eigenvalue weighted by Crippen LogP contribution is -2.55. The van der Waals surface area contributed by atoms with Crippen LogP contribution < -0.4 is 5.11 Å². The number of hydrogen-bond donors (Lipinski definition) is 0. The van der Waals surface area contributed by atoms with Crippen molar-refractivity contribution >= 4 is 17.9 Å². The fourth-order valence-electron chi connectivity index (χ4n) is 7.02. The Hall–Kier alpha value is -3.23. The fraction of sp³-hybridized carbons (Fsp3) is 0.722. The van der Waals surface area contributed by atoms with Crippen molar-refractivity contribution in [1.29, 1.82) is 0 Å². The molecule has 2 unspecified atom stereocenters. The van der Waals surface area contributed by atoms with Gasteiger partial charge in [0.1, 0.15) is 12.6 Å². The number of aliphatic carboxylic acids is 1. The molecule has 0 aliphatic heterocycles. The Kier molecular flexibility index (Phi) is 42.1. The molecule has 0 spiro atoms. The minimum absolute atomic E-state index is 0.0161. The van der Waals surface area contributed by atoms with Gasteiger partial charge in [0.2, 0.25) is 0 Å². The summed E-state index contributed by atoms with van der Waals surface area (Å²) in [5.41, 5.74) is 0. The zero-order chi connectivity index (χ0) is 45.6. The van der Waals surface area contributed by atoms with E-state index < -0.39 is 18.1 Å². The van der Waals surface area contributed by atoms with Crippen LogP contribution in [0.2, 0.25) is 0 Å². The van der Waals surface area contributed by atoms with Gasteiger partial charge in [-0.25, -0.2) is 0 Å². The third kappa shape index (κ3) is 42.1. The van der Waals surface area contributed by atoms with Crippen molar-refractivity contribution in [3.8, 4) is 0 Å². The van der Waals surface area contributed by atoms with Crippen LogP contribution in [0.1, 0.15) is 200 Å². The van der Waals surface area contributed by atoms with Crippen LogP contribution in [0.25, 0.3) is 0 Å². The van der Waals surface area contributed by atoms with E-state index in [9.17, 15) is 19.5 Å². The van der Waals surface area contributed by atoms with Gasteiger partial charge in [0.25, 0.3) is 0 Å². The minimum atomic E-state index is -1.13. The molecular weight excluding hydrogens is 775 g/mol. The van der Waals surface area contributed by atoms with Crippen LogP contribution in [0.5, 0.6) is 0 Å². The SMILES string of the molecule is CC/C=C/C/C=C/C/C=C/C/C=C/C/C=C/C/C=C/CCCC(=O)OC(COCCC(C(=O)[O-])[N+](C)(C)C)COC(=O)CCCCCCCCCCCCCCCCCCCC. The van der Waals surface area contributed by atoms with Crippen LogP contribution in [0.15, 0.2) is 72.9 Å². The quantitative estimate of drug-likeness (QED) is 0.0260. The standard InChI is InChI=1S/C54H93NO7/c1-6-8-10-12-14-16-18-20-22-24-26-27-29-31-33-35-37-39-41-43-45-53(57)62-50(48-60-47-46-51(54(58)59)55(3,4)5)49-61-52(56)44-42-40-38-36-34-32-30-28-25-23-21-19-17-15-13-11-9-7-2/h8,10,14,16,20,22,26-27,31,33,37,39,50-51H,6-7,9,11-13,15,17-19,21,23-25,28-30,32,34-36,38,40-49H2,1-5H3/b10-8+,16-14+,22-20+,27-26+,33-31+,39-37+. The number of carbonyl (C=O) groups is 3. The first-order valence-corrected chi connectivity index (χ1v) is 25.0. The van der Waals surface area contributed by atoms with Crippen LogP contribution >= 0.6 is 0 Å². The molecule has 0 aliphatic rings. The topological polar surface area (TPSA) is 102 Å². The molecule has 0 fully saturated rings. The summed E-state index contributed by atoms with van der Waals surface area (Å²) >= 11 is 0. The van der Waals surface area contributed by atoms with E-state index in [1.807, 2.05) is 0 Å². The number of esters is 2. The van der Waals surface area contributed by atoms with Gasteiger partial charge in [0, 0.05) is 19.3 Å². The monoisotopic (exact) mass is 868 g/mol. The third-order valence-corrected chi connectivity index (χ3v) is 10.9. The summed E-state index contributed by atoms with van der Waals surface area (Å²) in [4.78, 5) is 37.0. The van der Waals surface area contributed by atoms with Crippen molar-refractivity contribution in [1.82, 2.24) is 0 Å². The molecule has 0 radical (unpaired) electrons. The van der Waals surface area contributed by atoms with Crippen LogP contribution in [0, 0.1) is 0 Å². The maximum absolute atomic E-state index is 12.7. The number of rotatable bonds is 44. The Morgan fingerprint density at radius 1 is 0.500 bits per heavy atom. The van der Waals surface area contributed by atoms with E-state index in [1.165, 1.54) is 96.3 Å². The Morgan fingerprint density at radius 2 is 0.903 bits per heavy atom. The van der Waals surface area contributed by atoms with Crippen molar-refractivity contribution in [2.24, 2.45) is 0 Å². The Labute approximate surface area is 381 Å². The van der Waals surface area contributed by atoms with Gasteiger partial charge >= 0.3 is 11.9 Å². The van der Waals surface area contributed by atoms with Gasteiger partial charge in [-0.1, -0.05) is 196 Å². The highest BCUT2D eigenvalue weighted by Gasteiger charge is 2.25. The van der Waals surface area contributed by atoms with E-state index in [1.54, 1.807) is 21.1 Å². The largest absolute Gasteiger partial charge is 0.544 e. The van der Waals surface area contributed by atoms with E-state index in [0.717, 1.165) is 64.2 Å². The van der Waals surface area contributed by atoms with Crippen molar-refractivity contribution < 1.29 is 38.2 Å². The molecule has 8 nitrogen and oxygen atoms in total. The molecule has 8 heteroatoms. The van der Waals surface area contributed by atoms with Crippen LogP contribution in [0.3, 0.4) is 0 Å². The predicted molar refractivity (Wildman–Crippen MR) is 259 cm³/mol. The lowest BCUT2D eigenvalue weighted by Gasteiger charge is -2.34. The molecule has 0 aromatic heterocycles. The number of carboxylic acid groups (broad SMARTS) is 1. The zero-order valence-electron chi connectivity index (χ0n) is 40.5. The van der Waals surface area contributed by atoms with Gasteiger partial charge in [0.05, 0.1) is 40.3 Å². The van der Waals surface area contributed by atoms with Crippen molar-refractivity contribution in [3.05, 3.63) is 72.9 Å². The van der Waals surface area contributed by atoms with Gasteiger partial charge in [-0.2, -0.15) is 0 Å². The number of allylic oxidation sites excluding steroid dienone is 12. The molecule has 356 valence electrons. The lowest BCUT2D eigenvalue weighted by molar-refractivity contribution is -0.889. The van der Waals surface area contributed by atoms with E-state index in [2.05, 4.69) is 86.8 Å². The fourth-order valence-corrected chi connectivity index (χ4v) is 7.02. The zero-order valence-corrected chi connectivity index (χ0v) is 40.5. The van der Waals surface area contributed by atoms with Crippen LogP contribution in [-0.2, 0) is 28.6 Å². The molecule has 0 saturated heterocycles. The Morgan fingerprint density at radius 3 is 1.32 bits per heavy atom. The average molecular weight is 868 g/mol. The Balaban J connectivity index is 4.37. The smallest absolute Gasteiger partial charge is 0.306 e. The highest BCUT2D eigenvalue weighted by atomic mass is 16.6. The van der Waals surface area contributed by atoms with Crippen molar-refractivity contribution in [3.63, 3.8) is 0 Å². The predicted octanol–water partition coefficient (Wildman–Crippen LogP) is 13.0. The summed E-state index contributed by atoms with van der Waals surface area (Å²) in [6.07, 6.45) is 56.5. The summed E-state index contributed by atoms with van der Waals surface area (Å²) in [6, 6.07) is -0.739. The van der Waals surface area contributed by atoms with Crippen molar-refractivity contribution in [2.75, 3.05) is 41.0 Å². The number of nitrogens with zero attached hydrogens (tertiary/aromatic N) is 1. The third-order valence-electron chi connectivity index (χ3n) is 10.9. The van der Waals surface area contributed by atoms with E-state index in [-0.39, 0.29) is 49.1 Å². The van der Waals surface area contributed by atoms with Crippen LogP contribution in [0.4, 0.5) is 0 Å². The van der Waals surface area contributed by atoms with Gasteiger partial charge in [-0.05, 0) is 57.8 Å². The number of carbonyl (C=O) groups excluding carboxylic acids is 3. The van der Waals surface area contributed by atoms with E-state index in [4.69, 9.17) is 14.2 Å². The molecule has 0 aromatic carbocycles. The molecule has 0 N–H and O–H groups in total. The normalized spacial score (nSPS) is 13.5. The first-order chi connectivity index (χ1) is 30.1. The van der Waals surface area contributed by atoms with Gasteiger partial charge in [-0.3, -0.25) is 9.59 Å². The maximum atomic E-state index is 12.7. The van der Waals surface area contributed by atoms with Crippen molar-refractivity contribution in [2.45, 2.75) is 212 Å². The number of carboxylic acids is 1. The summed E-state index contributed by atoms with van der Waals surface area (Å²) < 4.78 is 17.2. The number of ether oxygens (including phenoxy) is 3. The first kappa shape index (κ1) is 58.8. The summed E-state index contributed by atoms with van der Waals surface area (Å²) in [7, 11) is 5.39. The summed E-state index contributed by atoms with van der Waals surface area (Å²) in [6.45, 7) is 4.50. The Bertz CT molecular complexity index is 1240. The summed E-state index contributed by atoms with van der Waals surface area (Å²) in [5, 5.41) is 11.7. The molecule has 0 rings (SSSR count). The summed E-state index contributed by atoms with van der Waals surface area (Å²) in [5.74, 6) is -1.81. The second-order valence-electron chi connectivity index (χ2n) is 17.7. The molecule has 0 aromatic rings. The first-order valence-electron chi connectivity index (χ1n) is 25.0. The molecule has 0 bridgehead atoms. The molecule has 2 atom stereocenters. The highest BCUT2D eigenvalue weighted by Crippen LogP contribution is 2.15. The molecule has 0 aliphatic carbocycles. The van der Waals surface area contributed by atoms with E-state index in [0.29, 0.717) is 12.8 Å². The molecule has 0 saturated carbocycles. The van der Waals surface area contributed by atoms with Gasteiger partial charge < -0.3 is 28.6 Å². The minimum Gasteiger partial charge on any atom is -0.544 e. The molecular formula is C54H93NO7. The molecule has 0 amide bonds. The number of likely N-dealkylation sites (N-methyl/N-ethyl adjacent to an activating group) is 1. The second kappa shape index (κ2) is 44.4. The lowest BCUT2D eigenvalue weighted by atomic mass is 10.0. The maximum Gasteiger partial charge on any atom is 0.306 e. The number of hydrogen-bond acceptors (Lipinski definition) is 7. The highest BCUT2D eigenvalue weighted by molar-refractivity contribution is 5.70. The second-order valence-corrected chi connectivity index (χ2v) is 17.7. The number of unbranched alkanes of at least 4 members (excludes halogenated alkanes) is 18. The van der Waals surface area contributed by atoms with Gasteiger partial charge in [0.15, 0.2) is 6.10 Å². The van der Waals surface area contributed by atoms with E-state index >= 15 is 0 Å². The average Bonchev–Trinajstić information content (AvgIpc) is 3.23. The molecule has 62 heavy (non-hydrogen) atoms. The van der Waals surface area contributed by atoms with Crippen LogP contribution in [-0.4, -0.2) is 75.5 Å². The molecule has 0 heterocycles. The number of quaternary nitrogens is 1. The van der Waals surface area contributed by atoms with Gasteiger partial charge in [-0.15, -0.1) is 0 Å².